The second-order valence-corrected chi connectivity index (χ2v) is 7.78. The summed E-state index contributed by atoms with van der Waals surface area (Å²) in [5.74, 6) is 1.11. The normalized spacial score (nSPS) is 11.1. The number of hydrogen-bond acceptors (Lipinski definition) is 4. The molecule has 0 aliphatic carbocycles. The van der Waals surface area contributed by atoms with Crippen LogP contribution in [0.15, 0.2) is 23.6 Å². The Morgan fingerprint density at radius 1 is 1.00 bits per heavy atom. The van der Waals surface area contributed by atoms with E-state index in [1.165, 1.54) is 44.9 Å². The van der Waals surface area contributed by atoms with Crippen LogP contribution in [0.4, 0.5) is 4.79 Å². The van der Waals surface area contributed by atoms with Gasteiger partial charge in [-0.25, -0.2) is 9.78 Å². The minimum absolute atomic E-state index is 0.0270. The first-order valence-corrected chi connectivity index (χ1v) is 11.5. The highest BCUT2D eigenvalue weighted by atomic mass is 32.2. The smallest absolute Gasteiger partial charge is 0.314 e. The molecule has 1 aromatic heterocycles. The number of thioether (sulfide) groups is 1. The van der Waals surface area contributed by atoms with Crippen molar-refractivity contribution in [2.24, 2.45) is 0 Å². The Balaban J connectivity index is 1.77. The molecule has 3 N–H and O–H groups in total. The second kappa shape index (κ2) is 17.9. The van der Waals surface area contributed by atoms with Gasteiger partial charge in [0.2, 0.25) is 0 Å². The average molecular weight is 396 g/mol. The van der Waals surface area contributed by atoms with Gasteiger partial charge in [0, 0.05) is 18.8 Å². The third-order valence-electron chi connectivity index (χ3n) is 4.21. The van der Waals surface area contributed by atoms with Crippen molar-refractivity contribution in [1.82, 2.24) is 25.8 Å². The van der Waals surface area contributed by atoms with Crippen LogP contribution in [0.1, 0.15) is 77.6 Å². The maximum Gasteiger partial charge on any atom is 0.314 e. The van der Waals surface area contributed by atoms with E-state index in [9.17, 15) is 4.79 Å². The molecule has 0 unspecified atom stereocenters. The molecule has 1 aromatic rings. The quantitative estimate of drug-likeness (QED) is 0.195. The Hall–Kier alpha value is -1.50. The number of aromatic amines is 1. The number of H-pyrrole nitrogens is 1. The Kier molecular flexibility index (Phi) is 15.6. The SMILES string of the molecule is CCCCCNC(=O)NCCCC/C=C\CCCCCCSc1ncn[nH]1. The minimum Gasteiger partial charge on any atom is -0.338 e. The van der Waals surface area contributed by atoms with Crippen LogP contribution < -0.4 is 10.6 Å². The third-order valence-corrected chi connectivity index (χ3v) is 5.18. The van der Waals surface area contributed by atoms with Gasteiger partial charge >= 0.3 is 6.03 Å². The summed E-state index contributed by atoms with van der Waals surface area (Å²) in [6.45, 7) is 3.71. The molecule has 6 nitrogen and oxygen atoms in total. The van der Waals surface area contributed by atoms with E-state index in [-0.39, 0.29) is 6.03 Å². The molecule has 0 fully saturated rings. The van der Waals surface area contributed by atoms with Crippen LogP contribution in [-0.4, -0.2) is 40.1 Å². The predicted molar refractivity (Wildman–Crippen MR) is 114 cm³/mol. The van der Waals surface area contributed by atoms with Gasteiger partial charge in [0.15, 0.2) is 5.16 Å². The summed E-state index contributed by atoms with van der Waals surface area (Å²) in [6.07, 6.45) is 19.1. The highest BCUT2D eigenvalue weighted by molar-refractivity contribution is 7.99. The molecule has 0 aliphatic heterocycles. The first kappa shape index (κ1) is 23.5. The number of hydrogen-bond donors (Lipinski definition) is 3. The van der Waals surface area contributed by atoms with Crippen LogP contribution in [0.2, 0.25) is 0 Å². The summed E-state index contributed by atoms with van der Waals surface area (Å²) in [4.78, 5) is 15.6. The van der Waals surface area contributed by atoms with Crippen LogP contribution >= 0.6 is 11.8 Å². The van der Waals surface area contributed by atoms with Crippen molar-refractivity contribution in [3.05, 3.63) is 18.5 Å². The summed E-state index contributed by atoms with van der Waals surface area (Å²) < 4.78 is 0. The number of nitrogens with one attached hydrogen (secondary N) is 3. The van der Waals surface area contributed by atoms with E-state index >= 15 is 0 Å². The standard InChI is InChI=1S/C20H37N5OS/c1-2-3-12-15-21-19(26)22-16-13-10-8-6-4-5-7-9-11-14-17-27-20-23-18-24-25-20/h4,6,18H,2-3,5,7-17H2,1H3,(H2,21,22,26)(H,23,24,25)/b6-4-. The van der Waals surface area contributed by atoms with Crippen molar-refractivity contribution in [1.29, 1.82) is 0 Å². The molecule has 0 bridgehead atoms. The molecule has 154 valence electrons. The first-order chi connectivity index (χ1) is 13.3. The molecule has 0 saturated heterocycles. The first-order valence-electron chi connectivity index (χ1n) is 10.5. The van der Waals surface area contributed by atoms with Gasteiger partial charge in [-0.3, -0.25) is 5.10 Å². The lowest BCUT2D eigenvalue weighted by atomic mass is 10.1. The van der Waals surface area contributed by atoms with Crippen LogP contribution in [-0.2, 0) is 0 Å². The Morgan fingerprint density at radius 2 is 1.67 bits per heavy atom. The molecule has 27 heavy (non-hydrogen) atoms. The van der Waals surface area contributed by atoms with Crippen molar-refractivity contribution in [3.8, 4) is 0 Å². The van der Waals surface area contributed by atoms with E-state index in [0.29, 0.717) is 0 Å². The molecule has 0 aromatic carbocycles. The Bertz CT molecular complexity index is 479. The summed E-state index contributed by atoms with van der Waals surface area (Å²) in [5, 5.41) is 13.4. The maximum absolute atomic E-state index is 11.5. The molecule has 0 atom stereocenters. The second-order valence-electron chi connectivity index (χ2n) is 6.70. The van der Waals surface area contributed by atoms with Gasteiger partial charge in [-0.05, 0) is 44.9 Å². The highest BCUT2D eigenvalue weighted by Gasteiger charge is 1.98. The topological polar surface area (TPSA) is 82.7 Å². The van der Waals surface area contributed by atoms with E-state index < -0.39 is 0 Å². The zero-order valence-corrected chi connectivity index (χ0v) is 17.7. The molecular formula is C20H37N5OS. The summed E-state index contributed by atoms with van der Waals surface area (Å²) in [7, 11) is 0. The molecule has 0 spiro atoms. The lowest BCUT2D eigenvalue weighted by Crippen LogP contribution is -2.36. The number of nitrogens with zero attached hydrogens (tertiary/aromatic N) is 2. The summed E-state index contributed by atoms with van der Waals surface area (Å²) in [5.41, 5.74) is 0. The predicted octanol–water partition coefficient (Wildman–Crippen LogP) is 5.06. The van der Waals surface area contributed by atoms with Crippen molar-refractivity contribution in [3.63, 3.8) is 0 Å². The van der Waals surface area contributed by atoms with Gasteiger partial charge in [0.25, 0.3) is 0 Å². The average Bonchev–Trinajstić information content (AvgIpc) is 3.19. The van der Waals surface area contributed by atoms with Gasteiger partial charge in [0.05, 0.1) is 0 Å². The fourth-order valence-electron chi connectivity index (χ4n) is 2.61. The van der Waals surface area contributed by atoms with Gasteiger partial charge in [-0.15, -0.1) is 0 Å². The number of amides is 2. The number of aromatic nitrogens is 3. The molecule has 1 rings (SSSR count). The monoisotopic (exact) mass is 395 g/mol. The number of carbonyl (C=O) groups is 1. The fourth-order valence-corrected chi connectivity index (χ4v) is 3.40. The maximum atomic E-state index is 11.5. The van der Waals surface area contributed by atoms with Crippen molar-refractivity contribution < 1.29 is 4.79 Å². The largest absolute Gasteiger partial charge is 0.338 e. The van der Waals surface area contributed by atoms with Crippen molar-refractivity contribution in [2.75, 3.05) is 18.8 Å². The van der Waals surface area contributed by atoms with Gasteiger partial charge in [-0.1, -0.05) is 56.5 Å². The highest BCUT2D eigenvalue weighted by Crippen LogP contribution is 2.14. The number of urea groups is 1. The molecular weight excluding hydrogens is 358 g/mol. The van der Waals surface area contributed by atoms with Crippen LogP contribution in [0.25, 0.3) is 0 Å². The van der Waals surface area contributed by atoms with Crippen LogP contribution in [0.5, 0.6) is 0 Å². The third kappa shape index (κ3) is 15.3. The molecule has 2 amide bonds. The van der Waals surface area contributed by atoms with Crippen molar-refractivity contribution in [2.45, 2.75) is 82.7 Å². The summed E-state index contributed by atoms with van der Waals surface area (Å²) in [6, 6.07) is -0.0270. The van der Waals surface area contributed by atoms with Crippen LogP contribution in [0, 0.1) is 0 Å². The lowest BCUT2D eigenvalue weighted by molar-refractivity contribution is 0.240. The summed E-state index contributed by atoms with van der Waals surface area (Å²) >= 11 is 1.74. The molecule has 1 heterocycles. The van der Waals surface area contributed by atoms with Gasteiger partial charge in [-0.2, -0.15) is 5.10 Å². The zero-order valence-electron chi connectivity index (χ0n) is 16.8. The molecule has 0 aliphatic rings. The van der Waals surface area contributed by atoms with E-state index in [2.05, 4.69) is 44.9 Å². The lowest BCUT2D eigenvalue weighted by Gasteiger charge is -2.06. The molecule has 0 radical (unpaired) electrons. The minimum atomic E-state index is -0.0270. The fraction of sp³-hybridized carbons (Fsp3) is 0.750. The van der Waals surface area contributed by atoms with E-state index in [4.69, 9.17) is 0 Å². The van der Waals surface area contributed by atoms with Gasteiger partial charge in [0.1, 0.15) is 6.33 Å². The van der Waals surface area contributed by atoms with Crippen LogP contribution in [0.3, 0.4) is 0 Å². The Morgan fingerprint density at radius 3 is 2.33 bits per heavy atom. The van der Waals surface area contributed by atoms with E-state index in [0.717, 1.165) is 49.7 Å². The van der Waals surface area contributed by atoms with E-state index in [1.54, 1.807) is 18.1 Å². The van der Waals surface area contributed by atoms with Crippen molar-refractivity contribution >= 4 is 17.8 Å². The number of rotatable bonds is 17. The zero-order chi connectivity index (χ0) is 19.4. The number of unbranched alkanes of at least 4 members (excludes halogenated alkanes) is 8. The number of carbonyl (C=O) groups excluding carboxylic acids is 1. The number of allylic oxidation sites excluding steroid dienone is 2. The molecule has 0 saturated carbocycles. The van der Waals surface area contributed by atoms with Gasteiger partial charge < -0.3 is 10.6 Å². The van der Waals surface area contributed by atoms with E-state index in [1.807, 2.05) is 0 Å². The molecule has 7 heteroatoms. The Labute approximate surface area is 168 Å².